The molecule has 3 aromatic rings. The van der Waals surface area contributed by atoms with Crippen LogP contribution in [-0.2, 0) is 7.05 Å². The first kappa shape index (κ1) is 16.8. The number of hydrogen-bond acceptors (Lipinski definition) is 4. The standard InChI is InChI=1S/C17H11Cl2NO3S/c1-20-16(9-13(21)14-6-3-7-23-14)24-15(17(20)22)8-10-11(18)4-2-5-12(10)19/h2-9H,1H3. The van der Waals surface area contributed by atoms with E-state index in [4.69, 9.17) is 27.6 Å². The summed E-state index contributed by atoms with van der Waals surface area (Å²) in [6.07, 6.45) is 4.43. The highest BCUT2D eigenvalue weighted by molar-refractivity contribution is 7.07. The average molecular weight is 380 g/mol. The highest BCUT2D eigenvalue weighted by atomic mass is 35.5. The van der Waals surface area contributed by atoms with Crippen molar-refractivity contribution >= 4 is 52.5 Å². The van der Waals surface area contributed by atoms with Gasteiger partial charge in [0.2, 0.25) is 5.78 Å². The molecule has 0 aliphatic rings. The number of benzene rings is 1. The lowest BCUT2D eigenvalue weighted by atomic mass is 10.2. The molecule has 122 valence electrons. The maximum absolute atomic E-state index is 12.4. The van der Waals surface area contributed by atoms with Crippen molar-refractivity contribution in [3.63, 3.8) is 0 Å². The van der Waals surface area contributed by atoms with Crippen molar-refractivity contribution in [1.29, 1.82) is 0 Å². The van der Waals surface area contributed by atoms with Gasteiger partial charge in [-0.1, -0.05) is 29.3 Å². The maximum Gasteiger partial charge on any atom is 0.268 e. The molecule has 0 fully saturated rings. The Hall–Kier alpha value is -2.08. The Labute approximate surface area is 150 Å². The second-order valence-corrected chi connectivity index (χ2v) is 6.81. The number of furan rings is 1. The third-order valence-corrected chi connectivity index (χ3v) is 5.13. The normalized spacial score (nSPS) is 12.8. The Balaban J connectivity index is 2.15. The van der Waals surface area contributed by atoms with E-state index in [0.717, 1.165) is 0 Å². The molecular formula is C17H11Cl2NO3S. The van der Waals surface area contributed by atoms with Gasteiger partial charge in [0.05, 0.1) is 10.8 Å². The lowest BCUT2D eigenvalue weighted by Gasteiger charge is -1.99. The first-order chi connectivity index (χ1) is 11.5. The molecule has 2 heterocycles. The van der Waals surface area contributed by atoms with Crippen LogP contribution in [0.5, 0.6) is 0 Å². The lowest BCUT2D eigenvalue weighted by Crippen LogP contribution is -2.29. The number of carbonyl (C=O) groups excluding carboxylic acids is 1. The molecule has 0 saturated carbocycles. The summed E-state index contributed by atoms with van der Waals surface area (Å²) >= 11 is 13.5. The number of rotatable bonds is 3. The zero-order valence-electron chi connectivity index (χ0n) is 12.5. The molecule has 1 aromatic carbocycles. The molecule has 0 aliphatic carbocycles. The van der Waals surface area contributed by atoms with Crippen molar-refractivity contribution in [2.24, 2.45) is 7.05 Å². The minimum atomic E-state index is -0.306. The summed E-state index contributed by atoms with van der Waals surface area (Å²) in [5.74, 6) is -0.0882. The summed E-state index contributed by atoms with van der Waals surface area (Å²) < 4.78 is 7.42. The quantitative estimate of drug-likeness (QED) is 0.657. The molecule has 0 aliphatic heterocycles. The van der Waals surface area contributed by atoms with E-state index in [9.17, 15) is 9.59 Å². The SMILES string of the molecule is Cn1c(=CC(=O)c2ccco2)sc(=Cc2c(Cl)cccc2Cl)c1=O. The van der Waals surface area contributed by atoms with E-state index < -0.39 is 0 Å². The third-order valence-electron chi connectivity index (χ3n) is 3.35. The predicted molar refractivity (Wildman–Crippen MR) is 96.3 cm³/mol. The van der Waals surface area contributed by atoms with Crippen LogP contribution < -0.4 is 14.8 Å². The molecule has 0 atom stereocenters. The second-order valence-electron chi connectivity index (χ2n) is 4.93. The van der Waals surface area contributed by atoms with Gasteiger partial charge in [0.1, 0.15) is 4.66 Å². The predicted octanol–water partition coefficient (Wildman–Crippen LogP) is 2.84. The molecule has 0 spiro atoms. The highest BCUT2D eigenvalue weighted by Gasteiger charge is 2.09. The molecule has 4 nitrogen and oxygen atoms in total. The van der Waals surface area contributed by atoms with Crippen LogP contribution in [0.2, 0.25) is 10.0 Å². The van der Waals surface area contributed by atoms with Gasteiger partial charge in [0.25, 0.3) is 5.56 Å². The van der Waals surface area contributed by atoms with E-state index in [1.807, 2.05) is 0 Å². The van der Waals surface area contributed by atoms with Gasteiger partial charge in [-0.05, 0) is 30.3 Å². The molecule has 24 heavy (non-hydrogen) atoms. The van der Waals surface area contributed by atoms with Gasteiger partial charge in [-0.3, -0.25) is 9.59 Å². The minimum absolute atomic E-state index is 0.218. The van der Waals surface area contributed by atoms with Gasteiger partial charge < -0.3 is 8.98 Å². The van der Waals surface area contributed by atoms with Crippen molar-refractivity contribution in [2.45, 2.75) is 0 Å². The van der Waals surface area contributed by atoms with Gasteiger partial charge in [-0.25, -0.2) is 0 Å². The van der Waals surface area contributed by atoms with Crippen LogP contribution in [0.15, 0.2) is 45.8 Å². The fourth-order valence-electron chi connectivity index (χ4n) is 2.09. The number of thiazole rings is 1. The van der Waals surface area contributed by atoms with E-state index in [-0.39, 0.29) is 17.1 Å². The summed E-state index contributed by atoms with van der Waals surface area (Å²) in [7, 11) is 1.60. The van der Waals surface area contributed by atoms with Crippen molar-refractivity contribution in [3.8, 4) is 0 Å². The van der Waals surface area contributed by atoms with Crippen molar-refractivity contribution < 1.29 is 9.21 Å². The summed E-state index contributed by atoms with van der Waals surface area (Å²) in [5, 5.41) is 0.908. The van der Waals surface area contributed by atoms with Gasteiger partial charge in [0.15, 0.2) is 5.76 Å². The van der Waals surface area contributed by atoms with E-state index in [0.29, 0.717) is 24.8 Å². The number of halogens is 2. The maximum atomic E-state index is 12.4. The minimum Gasteiger partial charge on any atom is -0.461 e. The lowest BCUT2D eigenvalue weighted by molar-refractivity contribution is 0.103. The topological polar surface area (TPSA) is 52.2 Å². The number of hydrogen-bond donors (Lipinski definition) is 0. The van der Waals surface area contributed by atoms with Gasteiger partial charge >= 0.3 is 0 Å². The molecule has 7 heteroatoms. The van der Waals surface area contributed by atoms with E-state index in [1.165, 1.54) is 28.2 Å². The molecule has 0 N–H and O–H groups in total. The van der Waals surface area contributed by atoms with E-state index in [1.54, 1.807) is 43.5 Å². The Morgan fingerprint density at radius 3 is 2.54 bits per heavy atom. The zero-order valence-corrected chi connectivity index (χ0v) is 14.8. The molecule has 0 bridgehead atoms. The smallest absolute Gasteiger partial charge is 0.268 e. The second kappa shape index (κ2) is 6.81. The van der Waals surface area contributed by atoms with Gasteiger partial charge in [-0.2, -0.15) is 0 Å². The Bertz CT molecular complexity index is 1060. The number of Topliss-reactive ketones (excluding diaryl/α,β-unsaturated/α-hetero) is 1. The molecule has 0 radical (unpaired) electrons. The van der Waals surface area contributed by atoms with E-state index >= 15 is 0 Å². The summed E-state index contributed by atoms with van der Waals surface area (Å²) in [4.78, 5) is 24.5. The van der Waals surface area contributed by atoms with Crippen LogP contribution >= 0.6 is 34.5 Å². The summed E-state index contributed by atoms with van der Waals surface area (Å²) in [6.45, 7) is 0. The van der Waals surface area contributed by atoms with Crippen LogP contribution in [0, 0.1) is 0 Å². The zero-order chi connectivity index (χ0) is 17.3. The molecule has 0 amide bonds. The molecule has 0 saturated heterocycles. The number of carbonyl (C=O) groups is 1. The van der Waals surface area contributed by atoms with Crippen molar-refractivity contribution in [2.75, 3.05) is 0 Å². The fourth-order valence-corrected chi connectivity index (χ4v) is 3.61. The first-order valence-electron chi connectivity index (χ1n) is 6.88. The largest absolute Gasteiger partial charge is 0.461 e. The van der Waals surface area contributed by atoms with Crippen molar-refractivity contribution in [3.05, 3.63) is 77.5 Å². The molecule has 3 rings (SSSR count). The van der Waals surface area contributed by atoms with Crippen LogP contribution in [0.1, 0.15) is 16.1 Å². The third kappa shape index (κ3) is 3.24. The van der Waals surface area contributed by atoms with Crippen molar-refractivity contribution in [1.82, 2.24) is 4.57 Å². The first-order valence-corrected chi connectivity index (χ1v) is 8.46. The number of aromatic nitrogens is 1. The Morgan fingerprint density at radius 1 is 1.21 bits per heavy atom. The Kier molecular flexibility index (Phi) is 4.76. The summed E-state index contributed by atoms with van der Waals surface area (Å²) in [5.41, 5.74) is 0.346. The number of nitrogens with zero attached hydrogens (tertiary/aromatic N) is 1. The van der Waals surface area contributed by atoms with Gasteiger partial charge in [0, 0.05) is 28.7 Å². The Morgan fingerprint density at radius 2 is 1.92 bits per heavy atom. The highest BCUT2D eigenvalue weighted by Crippen LogP contribution is 2.24. The van der Waals surface area contributed by atoms with Crippen LogP contribution in [0.4, 0.5) is 0 Å². The van der Waals surface area contributed by atoms with Crippen LogP contribution in [-0.4, -0.2) is 10.4 Å². The molecular weight excluding hydrogens is 369 g/mol. The fraction of sp³-hybridized carbons (Fsp3) is 0.0588. The van der Waals surface area contributed by atoms with Gasteiger partial charge in [-0.15, -0.1) is 11.3 Å². The molecule has 0 unspecified atom stereocenters. The van der Waals surface area contributed by atoms with E-state index in [2.05, 4.69) is 0 Å². The summed E-state index contributed by atoms with van der Waals surface area (Å²) in [6, 6.07) is 8.33. The monoisotopic (exact) mass is 379 g/mol. The average Bonchev–Trinajstić information content (AvgIpc) is 3.16. The molecule has 2 aromatic heterocycles. The van der Waals surface area contributed by atoms with Crippen LogP contribution in [0.25, 0.3) is 12.2 Å². The number of ketones is 1. The van der Waals surface area contributed by atoms with Crippen LogP contribution in [0.3, 0.4) is 0 Å².